The van der Waals surface area contributed by atoms with Crippen molar-refractivity contribution in [3.63, 3.8) is 0 Å². The summed E-state index contributed by atoms with van der Waals surface area (Å²) in [5.74, 6) is 0.119. The number of anilines is 1. The minimum Gasteiger partial charge on any atom is -0.369 e. The van der Waals surface area contributed by atoms with Crippen molar-refractivity contribution in [3.05, 3.63) is 30.1 Å². The number of carbonyl (C=O) groups excluding carboxylic acids is 1. The Hall–Kier alpha value is -1.66. The second kappa shape index (κ2) is 8.37. The van der Waals surface area contributed by atoms with E-state index in [1.807, 2.05) is 12.1 Å². The van der Waals surface area contributed by atoms with Gasteiger partial charge in [0.2, 0.25) is 5.91 Å². The van der Waals surface area contributed by atoms with Crippen molar-refractivity contribution in [2.24, 2.45) is 5.41 Å². The van der Waals surface area contributed by atoms with Gasteiger partial charge < -0.3 is 15.1 Å². The second-order valence-electron chi connectivity index (χ2n) is 8.68. The van der Waals surface area contributed by atoms with Crippen LogP contribution in [0.4, 0.5) is 10.1 Å². The highest BCUT2D eigenvalue weighted by Gasteiger charge is 2.47. The number of carbonyl (C=O) groups is 1. The Kier molecular flexibility index (Phi) is 5.88. The van der Waals surface area contributed by atoms with Gasteiger partial charge >= 0.3 is 0 Å². The van der Waals surface area contributed by atoms with Gasteiger partial charge in [0.25, 0.3) is 0 Å². The number of amides is 1. The molecule has 154 valence electrons. The Bertz CT molecular complexity index is 664. The molecule has 3 saturated heterocycles. The van der Waals surface area contributed by atoms with Crippen molar-refractivity contribution in [1.82, 2.24) is 15.1 Å². The van der Waals surface area contributed by atoms with Gasteiger partial charge in [-0.1, -0.05) is 6.92 Å². The Morgan fingerprint density at radius 1 is 1.04 bits per heavy atom. The van der Waals surface area contributed by atoms with Crippen LogP contribution in [0.3, 0.4) is 0 Å². The molecule has 0 bridgehead atoms. The molecular formula is C22H33FN4O. The van der Waals surface area contributed by atoms with E-state index in [2.05, 4.69) is 26.9 Å². The zero-order valence-corrected chi connectivity index (χ0v) is 17.0. The smallest absolute Gasteiger partial charge is 0.226 e. The summed E-state index contributed by atoms with van der Waals surface area (Å²) in [6.07, 6.45) is 4.08. The summed E-state index contributed by atoms with van der Waals surface area (Å²) < 4.78 is 13.1. The fourth-order valence-electron chi connectivity index (χ4n) is 5.08. The van der Waals surface area contributed by atoms with Gasteiger partial charge in [-0.05, 0) is 69.6 Å². The molecule has 1 aromatic carbocycles. The van der Waals surface area contributed by atoms with Gasteiger partial charge in [-0.2, -0.15) is 0 Å². The topological polar surface area (TPSA) is 38.8 Å². The predicted octanol–water partition coefficient (Wildman–Crippen LogP) is 2.33. The molecule has 4 rings (SSSR count). The summed E-state index contributed by atoms with van der Waals surface area (Å²) in [6, 6.07) is 7.12. The maximum atomic E-state index is 13.1. The molecule has 6 heteroatoms. The SMILES string of the molecule is CCN1CCC2(CC1)C[C@@H](CCN1CCN(c3ccc(F)cc3)CC1)NC2=O. The molecule has 1 aromatic rings. The molecule has 3 heterocycles. The van der Waals surface area contributed by atoms with Crippen molar-refractivity contribution in [2.45, 2.75) is 38.6 Å². The molecular weight excluding hydrogens is 355 g/mol. The van der Waals surface area contributed by atoms with Crippen molar-refractivity contribution in [3.8, 4) is 0 Å². The predicted molar refractivity (Wildman–Crippen MR) is 110 cm³/mol. The molecule has 0 unspecified atom stereocenters. The molecule has 1 amide bonds. The van der Waals surface area contributed by atoms with Gasteiger partial charge in [-0.15, -0.1) is 0 Å². The summed E-state index contributed by atoms with van der Waals surface area (Å²) in [5, 5.41) is 3.30. The van der Waals surface area contributed by atoms with Gasteiger partial charge in [-0.3, -0.25) is 9.69 Å². The molecule has 3 aliphatic rings. The monoisotopic (exact) mass is 388 g/mol. The zero-order chi connectivity index (χ0) is 19.6. The molecule has 3 aliphatic heterocycles. The number of rotatable bonds is 5. The number of hydrogen-bond donors (Lipinski definition) is 1. The average Bonchev–Trinajstić information content (AvgIpc) is 3.03. The number of likely N-dealkylation sites (tertiary alicyclic amines) is 1. The number of nitrogens with zero attached hydrogens (tertiary/aromatic N) is 3. The third-order valence-electron chi connectivity index (χ3n) is 7.07. The molecule has 1 N–H and O–H groups in total. The maximum absolute atomic E-state index is 13.1. The Balaban J connectivity index is 1.22. The highest BCUT2D eigenvalue weighted by Crippen LogP contribution is 2.41. The first-order chi connectivity index (χ1) is 13.6. The van der Waals surface area contributed by atoms with Crippen LogP contribution in [0.25, 0.3) is 0 Å². The van der Waals surface area contributed by atoms with Crippen LogP contribution >= 0.6 is 0 Å². The van der Waals surface area contributed by atoms with E-state index in [4.69, 9.17) is 0 Å². The summed E-state index contributed by atoms with van der Waals surface area (Å²) in [5.41, 5.74) is 1.00. The molecule has 28 heavy (non-hydrogen) atoms. The van der Waals surface area contributed by atoms with Gasteiger partial charge in [-0.25, -0.2) is 4.39 Å². The zero-order valence-electron chi connectivity index (χ0n) is 17.0. The standard InChI is InChI=1S/C22H33FN4O/c1-2-25-11-8-22(9-12-25)17-19(24-21(22)28)7-10-26-13-15-27(16-14-26)20-5-3-18(23)4-6-20/h3-6,19H,2,7-17H2,1H3,(H,24,28)/t19-/m1/s1. The van der Waals surface area contributed by atoms with E-state index in [9.17, 15) is 9.18 Å². The lowest BCUT2D eigenvalue weighted by Gasteiger charge is -2.37. The van der Waals surface area contributed by atoms with E-state index in [-0.39, 0.29) is 11.2 Å². The number of piperidine rings is 1. The first kappa shape index (κ1) is 19.6. The highest BCUT2D eigenvalue weighted by molar-refractivity contribution is 5.85. The third-order valence-corrected chi connectivity index (χ3v) is 7.07. The Morgan fingerprint density at radius 2 is 1.71 bits per heavy atom. The van der Waals surface area contributed by atoms with Crippen LogP contribution in [0, 0.1) is 11.2 Å². The molecule has 5 nitrogen and oxygen atoms in total. The van der Waals surface area contributed by atoms with Crippen molar-refractivity contribution in [1.29, 1.82) is 0 Å². The largest absolute Gasteiger partial charge is 0.369 e. The van der Waals surface area contributed by atoms with Crippen LogP contribution in [0.5, 0.6) is 0 Å². The average molecular weight is 389 g/mol. The van der Waals surface area contributed by atoms with Crippen LogP contribution < -0.4 is 10.2 Å². The number of benzene rings is 1. The number of hydrogen-bond acceptors (Lipinski definition) is 4. The van der Waals surface area contributed by atoms with Crippen LogP contribution in [0.1, 0.15) is 32.6 Å². The van der Waals surface area contributed by atoms with Crippen molar-refractivity contribution in [2.75, 3.05) is 57.3 Å². The van der Waals surface area contributed by atoms with E-state index in [0.29, 0.717) is 11.9 Å². The summed E-state index contributed by atoms with van der Waals surface area (Å²) in [7, 11) is 0. The van der Waals surface area contributed by atoms with Gasteiger partial charge in [0, 0.05) is 44.5 Å². The molecule has 0 aromatic heterocycles. The Labute approximate surface area is 167 Å². The third kappa shape index (κ3) is 4.18. The first-order valence-corrected chi connectivity index (χ1v) is 10.8. The lowest BCUT2D eigenvalue weighted by atomic mass is 9.75. The number of piperazine rings is 1. The van der Waals surface area contributed by atoms with Crippen LogP contribution in [0.15, 0.2) is 24.3 Å². The fraction of sp³-hybridized carbons (Fsp3) is 0.682. The van der Waals surface area contributed by atoms with Crippen molar-refractivity contribution < 1.29 is 9.18 Å². The van der Waals surface area contributed by atoms with Gasteiger partial charge in [0.05, 0.1) is 5.41 Å². The van der Waals surface area contributed by atoms with E-state index < -0.39 is 0 Å². The van der Waals surface area contributed by atoms with E-state index in [1.165, 1.54) is 12.1 Å². The van der Waals surface area contributed by atoms with Crippen LogP contribution in [0.2, 0.25) is 0 Å². The normalized spacial score (nSPS) is 26.0. The molecule has 0 aliphatic carbocycles. The quantitative estimate of drug-likeness (QED) is 0.840. The van der Waals surface area contributed by atoms with Crippen molar-refractivity contribution >= 4 is 11.6 Å². The van der Waals surface area contributed by atoms with E-state index in [1.54, 1.807) is 0 Å². The summed E-state index contributed by atoms with van der Waals surface area (Å²) >= 11 is 0. The Morgan fingerprint density at radius 3 is 2.36 bits per heavy atom. The molecule has 0 radical (unpaired) electrons. The highest BCUT2D eigenvalue weighted by atomic mass is 19.1. The fourth-order valence-corrected chi connectivity index (χ4v) is 5.08. The lowest BCUT2D eigenvalue weighted by molar-refractivity contribution is -0.130. The van der Waals surface area contributed by atoms with E-state index in [0.717, 1.165) is 83.7 Å². The maximum Gasteiger partial charge on any atom is 0.226 e. The van der Waals surface area contributed by atoms with E-state index >= 15 is 0 Å². The summed E-state index contributed by atoms with van der Waals surface area (Å²) in [4.78, 5) is 19.9. The molecule has 0 saturated carbocycles. The van der Waals surface area contributed by atoms with Crippen LogP contribution in [-0.4, -0.2) is 74.1 Å². The van der Waals surface area contributed by atoms with Crippen LogP contribution in [-0.2, 0) is 4.79 Å². The molecule has 1 atom stereocenters. The first-order valence-electron chi connectivity index (χ1n) is 10.8. The lowest BCUT2D eigenvalue weighted by Crippen LogP contribution is -2.47. The molecule has 3 fully saturated rings. The second-order valence-corrected chi connectivity index (χ2v) is 8.68. The van der Waals surface area contributed by atoms with Gasteiger partial charge in [0.15, 0.2) is 0 Å². The number of nitrogens with one attached hydrogen (secondary N) is 1. The van der Waals surface area contributed by atoms with Gasteiger partial charge in [0.1, 0.15) is 5.82 Å². The molecule has 1 spiro atoms. The summed E-state index contributed by atoms with van der Waals surface area (Å²) in [6.45, 7) is 10.4. The number of halogens is 1. The minimum atomic E-state index is -0.181. The minimum absolute atomic E-state index is 0.0996.